The van der Waals surface area contributed by atoms with Crippen LogP contribution in [-0.2, 0) is 13.8 Å². The topological polar surface area (TPSA) is 96.2 Å². The summed E-state index contributed by atoms with van der Waals surface area (Å²) in [5.41, 5.74) is -0.980. The predicted molar refractivity (Wildman–Crippen MR) is 91.1 cm³/mol. The van der Waals surface area contributed by atoms with E-state index in [0.29, 0.717) is 6.42 Å². The van der Waals surface area contributed by atoms with E-state index in [0.717, 1.165) is 0 Å². The van der Waals surface area contributed by atoms with E-state index in [4.69, 9.17) is 9.26 Å². The Balaban J connectivity index is 2.87. The third-order valence-corrected chi connectivity index (χ3v) is 8.06. The third kappa shape index (κ3) is 4.35. The van der Waals surface area contributed by atoms with Crippen LogP contribution in [0.1, 0.15) is 47.0 Å². The molecular weight excluding hydrogens is 374 g/mol. The largest absolute Gasteiger partial charge is 0.389 e. The first-order valence-corrected chi connectivity index (χ1v) is 10.1. The molecule has 0 saturated carbocycles. The minimum absolute atomic E-state index is 0.101. The van der Waals surface area contributed by atoms with Crippen molar-refractivity contribution in [1.29, 1.82) is 0 Å². The lowest BCUT2D eigenvalue weighted by Crippen LogP contribution is -2.39. The van der Waals surface area contributed by atoms with Crippen molar-refractivity contribution >= 4 is 31.4 Å². The van der Waals surface area contributed by atoms with Gasteiger partial charge in [0.1, 0.15) is 7.85 Å². The first-order valence-electron chi connectivity index (χ1n) is 7.62. The maximum absolute atomic E-state index is 12.4. The lowest BCUT2D eigenvalue weighted by Gasteiger charge is -2.37. The number of hydrogen-bond acceptors (Lipinski definition) is 5. The maximum Gasteiger partial charge on any atom is 0.359 e. The van der Waals surface area contributed by atoms with Crippen molar-refractivity contribution < 1.29 is 28.9 Å². The molecule has 1 aliphatic rings. The molecule has 7 atom stereocenters. The summed E-state index contributed by atoms with van der Waals surface area (Å²) in [7, 11) is -2.38. The van der Waals surface area contributed by atoms with E-state index in [9.17, 15) is 19.7 Å². The number of aliphatic hydroxyl groups is 2. The summed E-state index contributed by atoms with van der Waals surface area (Å²) >= 11 is 3.38. The fourth-order valence-electron chi connectivity index (χ4n) is 2.35. The average molecular weight is 401 g/mol. The summed E-state index contributed by atoms with van der Waals surface area (Å²) in [6.07, 6.45) is -0.388. The number of rotatable bonds is 7. The predicted octanol–water partition coefficient (Wildman–Crippen LogP) is 1.35. The van der Waals surface area contributed by atoms with Crippen molar-refractivity contribution in [2.45, 2.75) is 80.9 Å². The molecule has 1 rings (SSSR count). The minimum Gasteiger partial charge on any atom is -0.389 e. The molecule has 1 fully saturated rings. The second kappa shape index (κ2) is 7.22. The molecule has 0 radical (unpaired) electrons. The van der Waals surface area contributed by atoms with Crippen molar-refractivity contribution in [2.24, 2.45) is 0 Å². The highest BCUT2D eigenvalue weighted by molar-refractivity contribution is 9.09. The van der Waals surface area contributed by atoms with Gasteiger partial charge < -0.3 is 24.4 Å². The van der Waals surface area contributed by atoms with E-state index in [-0.39, 0.29) is 23.7 Å². The van der Waals surface area contributed by atoms with Gasteiger partial charge in [0.05, 0.1) is 22.6 Å². The lowest BCUT2D eigenvalue weighted by atomic mass is 9.91. The van der Waals surface area contributed by atoms with Crippen LogP contribution in [0.15, 0.2) is 0 Å². The normalized spacial score (nSPS) is 37.3. The zero-order valence-corrected chi connectivity index (χ0v) is 16.3. The monoisotopic (exact) mass is 400 g/mol. The van der Waals surface area contributed by atoms with Gasteiger partial charge in [-0.25, -0.2) is 0 Å². The van der Waals surface area contributed by atoms with Gasteiger partial charge in [0.25, 0.3) is 0 Å². The van der Waals surface area contributed by atoms with Crippen molar-refractivity contribution in [2.75, 3.05) is 0 Å². The fraction of sp³-hybridized carbons (Fsp3) is 1.00. The molecule has 0 aromatic heterocycles. The Hall–Kier alpha value is 0.575. The molecule has 1 aliphatic heterocycles. The third-order valence-electron chi connectivity index (χ3n) is 4.55. The Labute approximate surface area is 141 Å². The maximum atomic E-state index is 12.4. The van der Waals surface area contributed by atoms with Crippen molar-refractivity contribution in [3.05, 3.63) is 0 Å². The number of halogens is 1. The van der Waals surface area contributed by atoms with Gasteiger partial charge in [-0.2, -0.15) is 0 Å². The van der Waals surface area contributed by atoms with E-state index in [2.05, 4.69) is 15.9 Å². The minimum atomic E-state index is -4.23. The Morgan fingerprint density at radius 3 is 2.27 bits per heavy atom. The highest BCUT2D eigenvalue weighted by Gasteiger charge is 2.49. The average Bonchev–Trinajstić information content (AvgIpc) is 2.65. The molecule has 0 aromatic carbocycles. The van der Waals surface area contributed by atoms with Crippen molar-refractivity contribution in [3.63, 3.8) is 0 Å². The highest BCUT2D eigenvalue weighted by Crippen LogP contribution is 2.59. The van der Waals surface area contributed by atoms with Crippen LogP contribution in [0.25, 0.3) is 0 Å². The number of alkyl halides is 1. The summed E-state index contributed by atoms with van der Waals surface area (Å²) in [6.45, 7) is 6.44. The molecule has 0 amide bonds. The summed E-state index contributed by atoms with van der Waals surface area (Å²) in [5.74, 6) is 0. The highest BCUT2D eigenvalue weighted by atomic mass is 79.9. The van der Waals surface area contributed by atoms with Gasteiger partial charge in [-0.3, -0.25) is 4.57 Å². The van der Waals surface area contributed by atoms with Gasteiger partial charge in [-0.1, -0.05) is 29.8 Å². The number of hydrogen-bond donors (Lipinski definition) is 3. The van der Waals surface area contributed by atoms with Gasteiger partial charge in [0.2, 0.25) is 0 Å². The molecule has 0 bridgehead atoms. The smallest absolute Gasteiger partial charge is 0.359 e. The molecule has 0 aliphatic carbocycles. The summed E-state index contributed by atoms with van der Waals surface area (Å²) < 4.78 is 23.6. The van der Waals surface area contributed by atoms with Crippen LogP contribution in [0.5, 0.6) is 0 Å². The number of ether oxygens (including phenoxy) is 1. The molecule has 0 aromatic rings. The first-order chi connectivity index (χ1) is 9.89. The second-order valence-electron chi connectivity index (χ2n) is 6.50. The summed E-state index contributed by atoms with van der Waals surface area (Å²) in [5, 5.41) is 18.5. The summed E-state index contributed by atoms with van der Waals surface area (Å²) in [4.78, 5) is 9.94. The molecule has 6 nitrogen and oxygen atoms in total. The summed E-state index contributed by atoms with van der Waals surface area (Å²) in [6, 6.07) is -0.152. The van der Waals surface area contributed by atoms with Gasteiger partial charge in [-0.05, 0) is 26.7 Å². The standard InChI is InChI=1S/C13H27BBrO6P/c1-5-12(3,21-22(18,19)13(4,17)6-2)7-8-10(16)9(15)11(14)20-8/h8-11,16-17H,5-7,14H2,1-4H3,(H,18,19)/t8-,9-,10-,11-,12?,13-/m1/s1. The lowest BCUT2D eigenvalue weighted by molar-refractivity contribution is -0.0425. The van der Waals surface area contributed by atoms with Crippen LogP contribution in [0.2, 0.25) is 0 Å². The molecule has 2 unspecified atom stereocenters. The first kappa shape index (κ1) is 20.6. The zero-order valence-electron chi connectivity index (χ0n) is 13.8. The molecule has 130 valence electrons. The molecule has 22 heavy (non-hydrogen) atoms. The molecule has 0 spiro atoms. The van der Waals surface area contributed by atoms with Crippen LogP contribution in [-0.4, -0.2) is 56.9 Å². The van der Waals surface area contributed by atoms with Crippen LogP contribution in [0.3, 0.4) is 0 Å². The molecular formula is C13H27BBrO6P. The quantitative estimate of drug-likeness (QED) is 0.339. The van der Waals surface area contributed by atoms with Crippen LogP contribution in [0.4, 0.5) is 0 Å². The van der Waals surface area contributed by atoms with Crippen LogP contribution >= 0.6 is 23.5 Å². The fourth-order valence-corrected chi connectivity index (χ4v) is 4.21. The Bertz CT molecular complexity index is 437. The van der Waals surface area contributed by atoms with Crippen LogP contribution in [0, 0.1) is 0 Å². The van der Waals surface area contributed by atoms with E-state index < -0.39 is 30.7 Å². The van der Waals surface area contributed by atoms with E-state index in [1.807, 2.05) is 14.8 Å². The Morgan fingerprint density at radius 2 is 1.91 bits per heavy atom. The van der Waals surface area contributed by atoms with Crippen LogP contribution < -0.4 is 0 Å². The Morgan fingerprint density at radius 1 is 1.36 bits per heavy atom. The molecule has 3 N–H and O–H groups in total. The van der Waals surface area contributed by atoms with E-state index in [1.54, 1.807) is 13.8 Å². The second-order valence-corrected chi connectivity index (χ2v) is 9.75. The Kier molecular flexibility index (Phi) is 6.76. The van der Waals surface area contributed by atoms with Crippen molar-refractivity contribution in [3.8, 4) is 0 Å². The number of aliphatic hydroxyl groups excluding tert-OH is 1. The molecule has 1 heterocycles. The SMILES string of the molecule is B[C@@H]1O[C@H](CC(C)(CC)OP(=O)(O)[C@@](C)(O)CC)[C@@H](O)[C@H]1Br. The van der Waals surface area contributed by atoms with Gasteiger partial charge in [0.15, 0.2) is 5.34 Å². The molecule has 1 saturated heterocycles. The van der Waals surface area contributed by atoms with Gasteiger partial charge >= 0.3 is 7.60 Å². The van der Waals surface area contributed by atoms with Gasteiger partial charge in [-0.15, -0.1) is 0 Å². The van der Waals surface area contributed by atoms with E-state index in [1.165, 1.54) is 6.92 Å². The van der Waals surface area contributed by atoms with Gasteiger partial charge in [0, 0.05) is 12.4 Å². The molecule has 9 heteroatoms. The van der Waals surface area contributed by atoms with Crippen molar-refractivity contribution in [1.82, 2.24) is 0 Å². The van der Waals surface area contributed by atoms with E-state index >= 15 is 0 Å². The zero-order chi connectivity index (χ0) is 17.3.